The van der Waals surface area contributed by atoms with Gasteiger partial charge in [0.25, 0.3) is 5.03 Å². The Labute approximate surface area is 126 Å². The first kappa shape index (κ1) is 14.9. The SMILES string of the molecule is CC(=O)C(Sc1cc(-c2ccccc2)s[n+]1C)C(C)=O. The molecule has 0 fully saturated rings. The van der Waals surface area contributed by atoms with Gasteiger partial charge in [0.1, 0.15) is 21.7 Å². The van der Waals surface area contributed by atoms with E-state index in [1.165, 1.54) is 25.6 Å². The van der Waals surface area contributed by atoms with E-state index in [4.69, 9.17) is 0 Å². The number of hydrogen-bond acceptors (Lipinski definition) is 4. The van der Waals surface area contributed by atoms with Gasteiger partial charge in [-0.05, 0) is 31.2 Å². The van der Waals surface area contributed by atoms with Crippen LogP contribution in [0.15, 0.2) is 41.4 Å². The Kier molecular flexibility index (Phi) is 4.73. The van der Waals surface area contributed by atoms with Crippen LogP contribution in [0.3, 0.4) is 0 Å². The molecule has 0 atom stereocenters. The zero-order chi connectivity index (χ0) is 14.7. The molecule has 5 heteroatoms. The van der Waals surface area contributed by atoms with Crippen molar-refractivity contribution in [3.8, 4) is 10.4 Å². The fourth-order valence-corrected chi connectivity index (χ4v) is 3.91. The molecule has 20 heavy (non-hydrogen) atoms. The van der Waals surface area contributed by atoms with Crippen LogP contribution in [0.4, 0.5) is 0 Å². The predicted molar refractivity (Wildman–Crippen MR) is 81.9 cm³/mol. The van der Waals surface area contributed by atoms with E-state index in [1.54, 1.807) is 11.5 Å². The lowest BCUT2D eigenvalue weighted by Crippen LogP contribution is -2.28. The van der Waals surface area contributed by atoms with E-state index in [9.17, 15) is 9.59 Å². The standard InChI is InChI=1S/C15H16NO2S2/c1-10(17)15(11(2)18)19-14-9-13(20-16(14)3)12-7-5-4-6-8-12/h4-9,15H,1-3H3/q+1. The van der Waals surface area contributed by atoms with Gasteiger partial charge in [-0.2, -0.15) is 0 Å². The molecule has 1 aromatic carbocycles. The van der Waals surface area contributed by atoms with Crippen molar-refractivity contribution in [3.05, 3.63) is 36.4 Å². The molecule has 0 aliphatic carbocycles. The van der Waals surface area contributed by atoms with Crippen LogP contribution < -0.4 is 3.96 Å². The Balaban J connectivity index is 2.28. The summed E-state index contributed by atoms with van der Waals surface area (Å²) >= 11 is 2.93. The average molecular weight is 306 g/mol. The Morgan fingerprint density at radius 2 is 1.75 bits per heavy atom. The van der Waals surface area contributed by atoms with E-state index >= 15 is 0 Å². The van der Waals surface area contributed by atoms with E-state index in [-0.39, 0.29) is 11.6 Å². The molecule has 0 aliphatic heterocycles. The highest BCUT2D eigenvalue weighted by molar-refractivity contribution is 8.01. The van der Waals surface area contributed by atoms with Crippen LogP contribution in [0.25, 0.3) is 10.4 Å². The summed E-state index contributed by atoms with van der Waals surface area (Å²) in [4.78, 5) is 24.2. The number of aromatic nitrogens is 1. The summed E-state index contributed by atoms with van der Waals surface area (Å²) in [6.45, 7) is 2.92. The molecule has 0 radical (unpaired) electrons. The van der Waals surface area contributed by atoms with Crippen LogP contribution in [0.2, 0.25) is 0 Å². The molecule has 2 rings (SSSR count). The van der Waals surface area contributed by atoms with Crippen molar-refractivity contribution in [2.75, 3.05) is 0 Å². The van der Waals surface area contributed by atoms with Gasteiger partial charge in [0.05, 0.1) is 0 Å². The highest BCUT2D eigenvalue weighted by Gasteiger charge is 2.27. The minimum atomic E-state index is -0.612. The monoisotopic (exact) mass is 306 g/mol. The number of hydrogen-bond donors (Lipinski definition) is 0. The summed E-state index contributed by atoms with van der Waals surface area (Å²) in [5.74, 6) is -0.204. The van der Waals surface area contributed by atoms with Gasteiger partial charge in [0.2, 0.25) is 0 Å². The van der Waals surface area contributed by atoms with Gasteiger partial charge in [0, 0.05) is 6.07 Å². The number of rotatable bonds is 5. The number of carbonyl (C=O) groups is 2. The Morgan fingerprint density at radius 3 is 2.30 bits per heavy atom. The van der Waals surface area contributed by atoms with E-state index in [2.05, 4.69) is 0 Å². The van der Waals surface area contributed by atoms with Crippen molar-refractivity contribution >= 4 is 34.9 Å². The van der Waals surface area contributed by atoms with Gasteiger partial charge in [-0.15, -0.1) is 3.96 Å². The summed E-state index contributed by atoms with van der Waals surface area (Å²) in [6, 6.07) is 12.1. The Morgan fingerprint density at radius 1 is 1.15 bits per heavy atom. The molecule has 1 aromatic heterocycles. The quantitative estimate of drug-likeness (QED) is 0.484. The van der Waals surface area contributed by atoms with Gasteiger partial charge >= 0.3 is 0 Å². The van der Waals surface area contributed by atoms with Gasteiger partial charge < -0.3 is 0 Å². The number of benzene rings is 1. The molecule has 0 amide bonds. The van der Waals surface area contributed by atoms with Crippen LogP contribution in [-0.2, 0) is 16.6 Å². The summed E-state index contributed by atoms with van der Waals surface area (Å²) in [5.41, 5.74) is 1.14. The zero-order valence-electron chi connectivity index (χ0n) is 11.6. The molecule has 0 spiro atoms. The molecule has 0 aliphatic rings. The maximum atomic E-state index is 11.5. The van der Waals surface area contributed by atoms with Crippen LogP contribution in [-0.4, -0.2) is 16.8 Å². The van der Waals surface area contributed by atoms with Gasteiger partial charge in [0.15, 0.2) is 18.6 Å². The molecular formula is C15H16NO2S2+. The average Bonchev–Trinajstić information content (AvgIpc) is 2.77. The molecule has 3 nitrogen and oxygen atoms in total. The van der Waals surface area contributed by atoms with Crippen molar-refractivity contribution in [3.63, 3.8) is 0 Å². The normalized spacial score (nSPS) is 10.8. The van der Waals surface area contributed by atoms with Crippen molar-refractivity contribution in [2.24, 2.45) is 7.05 Å². The minimum Gasteiger partial charge on any atom is -0.298 e. The molecular weight excluding hydrogens is 290 g/mol. The van der Waals surface area contributed by atoms with Crippen LogP contribution in [0.1, 0.15) is 13.8 Å². The van der Waals surface area contributed by atoms with Gasteiger partial charge in [-0.25, -0.2) is 0 Å². The summed E-state index contributed by atoms with van der Waals surface area (Å²) in [7, 11) is 1.94. The summed E-state index contributed by atoms with van der Waals surface area (Å²) in [5, 5.41) is 0.323. The molecule has 0 unspecified atom stereocenters. The summed E-state index contributed by atoms with van der Waals surface area (Å²) in [6.07, 6.45) is 0. The molecule has 0 saturated carbocycles. The number of ketones is 2. The number of carbonyl (C=O) groups excluding carboxylic acids is 2. The lowest BCUT2D eigenvalue weighted by atomic mass is 10.2. The second-order valence-corrected chi connectivity index (χ2v) is 6.82. The molecule has 0 N–H and O–H groups in total. The smallest absolute Gasteiger partial charge is 0.255 e. The highest BCUT2D eigenvalue weighted by atomic mass is 32.2. The van der Waals surface area contributed by atoms with Crippen LogP contribution >= 0.6 is 23.3 Å². The number of thioether (sulfide) groups is 1. The Bertz CT molecular complexity index is 621. The third kappa shape index (κ3) is 3.35. The first-order chi connectivity index (χ1) is 9.49. The van der Waals surface area contributed by atoms with Gasteiger partial charge in [-0.3, -0.25) is 9.59 Å². The molecule has 2 aromatic rings. The van der Waals surface area contributed by atoms with Crippen molar-refractivity contribution in [1.82, 2.24) is 0 Å². The Hall–Kier alpha value is -1.46. The van der Waals surface area contributed by atoms with Crippen LogP contribution in [0, 0.1) is 0 Å². The zero-order valence-corrected chi connectivity index (χ0v) is 13.3. The molecule has 0 saturated heterocycles. The van der Waals surface area contributed by atoms with E-state index in [0.717, 1.165) is 15.5 Å². The van der Waals surface area contributed by atoms with Crippen molar-refractivity contribution in [2.45, 2.75) is 24.1 Å². The van der Waals surface area contributed by atoms with E-state index in [0.29, 0.717) is 0 Å². The maximum Gasteiger partial charge on any atom is 0.255 e. The minimum absolute atomic E-state index is 0.102. The van der Waals surface area contributed by atoms with Crippen molar-refractivity contribution < 1.29 is 13.5 Å². The fraction of sp³-hybridized carbons (Fsp3) is 0.267. The first-order valence-electron chi connectivity index (χ1n) is 6.22. The van der Waals surface area contributed by atoms with E-state index < -0.39 is 5.25 Å². The maximum absolute atomic E-state index is 11.5. The molecule has 0 bridgehead atoms. The lowest BCUT2D eigenvalue weighted by molar-refractivity contribution is -0.640. The topological polar surface area (TPSA) is 38.0 Å². The molecule has 1 heterocycles. The van der Waals surface area contributed by atoms with Gasteiger partial charge in [-0.1, -0.05) is 30.3 Å². The number of aryl methyl sites for hydroxylation is 1. The van der Waals surface area contributed by atoms with Crippen molar-refractivity contribution in [1.29, 1.82) is 0 Å². The first-order valence-corrected chi connectivity index (χ1v) is 7.87. The molecule has 104 valence electrons. The lowest BCUT2D eigenvalue weighted by Gasteiger charge is -2.05. The van der Waals surface area contributed by atoms with E-state index in [1.807, 2.05) is 47.4 Å². The third-order valence-corrected chi connectivity index (χ3v) is 5.50. The predicted octanol–water partition coefficient (Wildman–Crippen LogP) is 2.88. The number of Topliss-reactive ketones (excluding diaryl/α,β-unsaturated/α-hetero) is 2. The fourth-order valence-electron chi connectivity index (χ4n) is 1.84. The largest absolute Gasteiger partial charge is 0.298 e. The highest BCUT2D eigenvalue weighted by Crippen LogP contribution is 2.30. The second kappa shape index (κ2) is 6.33. The third-order valence-electron chi connectivity index (χ3n) is 2.84. The second-order valence-electron chi connectivity index (χ2n) is 4.52. The number of nitrogens with zero attached hydrogens (tertiary/aromatic N) is 1. The van der Waals surface area contributed by atoms with Crippen LogP contribution in [0.5, 0.6) is 0 Å². The summed E-state index contributed by atoms with van der Waals surface area (Å²) < 4.78 is 1.99.